The quantitative estimate of drug-likeness (QED) is 0.363. The summed E-state index contributed by atoms with van der Waals surface area (Å²) in [6.45, 7) is 0. The first-order valence-electron chi connectivity index (χ1n) is 7.49. The standard InChI is InChI=1S/C17H13Cl2N3O4S/c1-26-11-3-5-12(6-4-11)27(24,25)22-17-15(19)8-14(18)13-7-2-10(9-20-23)21-16(13)17/h2-9,22-23H,1H3/b20-9+. The van der Waals surface area contributed by atoms with Crippen LogP contribution in [0.25, 0.3) is 10.9 Å². The number of sulfonamides is 1. The molecule has 0 radical (unpaired) electrons. The molecule has 1 aromatic heterocycles. The van der Waals surface area contributed by atoms with Crippen LogP contribution in [0.15, 0.2) is 52.5 Å². The Hall–Kier alpha value is -2.55. The van der Waals surface area contributed by atoms with Crippen molar-refractivity contribution in [1.82, 2.24) is 4.98 Å². The molecule has 3 rings (SSSR count). The van der Waals surface area contributed by atoms with Gasteiger partial charge >= 0.3 is 0 Å². The SMILES string of the molecule is COc1ccc(S(=O)(=O)Nc2c(Cl)cc(Cl)c3ccc(/C=N/O)nc23)cc1. The Kier molecular flexibility index (Phi) is 5.41. The van der Waals surface area contributed by atoms with Gasteiger partial charge in [-0.15, -0.1) is 0 Å². The minimum atomic E-state index is -3.95. The highest BCUT2D eigenvalue weighted by molar-refractivity contribution is 7.92. The third-order valence-electron chi connectivity index (χ3n) is 3.70. The Labute approximate surface area is 165 Å². The Morgan fingerprint density at radius 3 is 2.48 bits per heavy atom. The molecule has 27 heavy (non-hydrogen) atoms. The van der Waals surface area contributed by atoms with Crippen molar-refractivity contribution in [1.29, 1.82) is 0 Å². The first kappa shape index (κ1) is 19.2. The summed E-state index contributed by atoms with van der Waals surface area (Å²) < 4.78 is 33.0. The number of aromatic nitrogens is 1. The van der Waals surface area contributed by atoms with E-state index < -0.39 is 10.0 Å². The van der Waals surface area contributed by atoms with Gasteiger partial charge in [-0.25, -0.2) is 13.4 Å². The van der Waals surface area contributed by atoms with Crippen LogP contribution >= 0.6 is 23.2 Å². The number of rotatable bonds is 5. The van der Waals surface area contributed by atoms with Crippen molar-refractivity contribution in [3.63, 3.8) is 0 Å². The number of halogens is 2. The van der Waals surface area contributed by atoms with E-state index in [1.807, 2.05) is 0 Å². The number of pyridine rings is 1. The second-order valence-electron chi connectivity index (χ2n) is 5.37. The fraction of sp³-hybridized carbons (Fsp3) is 0.0588. The van der Waals surface area contributed by atoms with E-state index in [4.69, 9.17) is 33.1 Å². The van der Waals surface area contributed by atoms with Crippen molar-refractivity contribution in [3.05, 3.63) is 58.2 Å². The van der Waals surface area contributed by atoms with Gasteiger partial charge in [0.1, 0.15) is 5.75 Å². The van der Waals surface area contributed by atoms with E-state index in [0.717, 1.165) is 6.21 Å². The number of hydrogen-bond donors (Lipinski definition) is 2. The lowest BCUT2D eigenvalue weighted by atomic mass is 10.1. The molecule has 3 aromatic rings. The number of oxime groups is 1. The molecule has 0 aliphatic carbocycles. The van der Waals surface area contributed by atoms with Gasteiger partial charge in [0, 0.05) is 5.39 Å². The van der Waals surface area contributed by atoms with Gasteiger partial charge in [0.2, 0.25) is 0 Å². The van der Waals surface area contributed by atoms with Gasteiger partial charge in [-0.2, -0.15) is 0 Å². The second-order valence-corrected chi connectivity index (χ2v) is 7.87. The van der Waals surface area contributed by atoms with Gasteiger partial charge in [0.05, 0.1) is 45.2 Å². The van der Waals surface area contributed by atoms with E-state index in [1.54, 1.807) is 12.1 Å². The van der Waals surface area contributed by atoms with Crippen LogP contribution in [0, 0.1) is 0 Å². The summed E-state index contributed by atoms with van der Waals surface area (Å²) in [5.41, 5.74) is 0.593. The van der Waals surface area contributed by atoms with Crippen molar-refractivity contribution in [2.24, 2.45) is 5.16 Å². The molecular formula is C17H13Cl2N3O4S. The third kappa shape index (κ3) is 3.92. The first-order chi connectivity index (χ1) is 12.9. The molecule has 0 aliphatic rings. The maximum atomic E-state index is 12.8. The Morgan fingerprint density at radius 2 is 1.85 bits per heavy atom. The van der Waals surface area contributed by atoms with Crippen molar-refractivity contribution in [2.75, 3.05) is 11.8 Å². The molecule has 0 fully saturated rings. The number of ether oxygens (including phenoxy) is 1. The summed E-state index contributed by atoms with van der Waals surface area (Å²) in [5, 5.41) is 12.5. The molecule has 0 bridgehead atoms. The molecule has 0 spiro atoms. The van der Waals surface area contributed by atoms with E-state index in [0.29, 0.717) is 21.9 Å². The third-order valence-corrected chi connectivity index (χ3v) is 5.68. The van der Waals surface area contributed by atoms with Gasteiger partial charge < -0.3 is 9.94 Å². The molecule has 0 atom stereocenters. The zero-order valence-electron chi connectivity index (χ0n) is 13.8. The molecule has 0 saturated heterocycles. The van der Waals surface area contributed by atoms with Crippen LogP contribution in [0.1, 0.15) is 5.69 Å². The minimum absolute atomic E-state index is 0.0236. The van der Waals surface area contributed by atoms with Crippen LogP contribution in [-0.4, -0.2) is 31.9 Å². The van der Waals surface area contributed by atoms with Crippen LogP contribution in [-0.2, 0) is 10.0 Å². The number of benzene rings is 2. The van der Waals surface area contributed by atoms with Gasteiger partial charge in [0.15, 0.2) is 0 Å². The fourth-order valence-electron chi connectivity index (χ4n) is 2.41. The van der Waals surface area contributed by atoms with Crippen LogP contribution < -0.4 is 9.46 Å². The Balaban J connectivity index is 2.13. The number of nitrogens with zero attached hydrogens (tertiary/aromatic N) is 2. The van der Waals surface area contributed by atoms with Crippen LogP contribution in [0.2, 0.25) is 10.0 Å². The fourth-order valence-corrected chi connectivity index (χ4v) is 4.12. The molecular weight excluding hydrogens is 413 g/mol. The Morgan fingerprint density at radius 1 is 1.15 bits per heavy atom. The largest absolute Gasteiger partial charge is 0.497 e. The lowest BCUT2D eigenvalue weighted by Crippen LogP contribution is -2.14. The van der Waals surface area contributed by atoms with Crippen molar-refractivity contribution >= 4 is 56.0 Å². The predicted octanol–water partition coefficient (Wildman–Crippen LogP) is 4.16. The predicted molar refractivity (Wildman–Crippen MR) is 105 cm³/mol. The van der Waals surface area contributed by atoms with Gasteiger partial charge in [-0.1, -0.05) is 28.4 Å². The van der Waals surface area contributed by atoms with E-state index in [2.05, 4.69) is 14.9 Å². The summed E-state index contributed by atoms with van der Waals surface area (Å²) in [6.07, 6.45) is 1.11. The monoisotopic (exact) mass is 425 g/mol. The molecule has 10 heteroatoms. The molecule has 7 nitrogen and oxygen atoms in total. The number of hydrogen-bond acceptors (Lipinski definition) is 6. The summed E-state index contributed by atoms with van der Waals surface area (Å²) in [6, 6.07) is 10.5. The maximum Gasteiger partial charge on any atom is 0.262 e. The topological polar surface area (TPSA) is 101 Å². The van der Waals surface area contributed by atoms with Gasteiger partial charge in [-0.05, 0) is 42.5 Å². The van der Waals surface area contributed by atoms with Crippen LogP contribution in [0.4, 0.5) is 5.69 Å². The average molecular weight is 426 g/mol. The number of nitrogens with one attached hydrogen (secondary N) is 1. The lowest BCUT2D eigenvalue weighted by Gasteiger charge is -2.13. The lowest BCUT2D eigenvalue weighted by molar-refractivity contribution is 0.321. The molecule has 0 aliphatic heterocycles. The van der Waals surface area contributed by atoms with Crippen molar-refractivity contribution in [2.45, 2.75) is 4.90 Å². The molecule has 0 saturated carbocycles. The molecule has 2 aromatic carbocycles. The summed E-state index contributed by atoms with van der Waals surface area (Å²) in [4.78, 5) is 4.29. The molecule has 2 N–H and O–H groups in total. The maximum absolute atomic E-state index is 12.8. The highest BCUT2D eigenvalue weighted by Gasteiger charge is 2.20. The minimum Gasteiger partial charge on any atom is -0.497 e. The molecule has 1 heterocycles. The second kappa shape index (κ2) is 7.59. The number of fused-ring (bicyclic) bond motifs is 1. The molecule has 0 amide bonds. The van der Waals surface area contributed by atoms with E-state index in [1.165, 1.54) is 37.4 Å². The normalized spacial score (nSPS) is 11.8. The number of methoxy groups -OCH3 is 1. The molecule has 0 unspecified atom stereocenters. The van der Waals surface area contributed by atoms with E-state index >= 15 is 0 Å². The Bertz CT molecular complexity index is 1130. The highest BCUT2D eigenvalue weighted by atomic mass is 35.5. The van der Waals surface area contributed by atoms with Crippen LogP contribution in [0.3, 0.4) is 0 Å². The summed E-state index contributed by atoms with van der Waals surface area (Å²) in [5.74, 6) is 0.526. The first-order valence-corrected chi connectivity index (χ1v) is 9.72. The van der Waals surface area contributed by atoms with Gasteiger partial charge in [-0.3, -0.25) is 4.72 Å². The van der Waals surface area contributed by atoms with Crippen molar-refractivity contribution < 1.29 is 18.4 Å². The number of anilines is 1. The zero-order chi connectivity index (χ0) is 19.6. The smallest absolute Gasteiger partial charge is 0.262 e. The van der Waals surface area contributed by atoms with Crippen LogP contribution in [0.5, 0.6) is 5.75 Å². The van der Waals surface area contributed by atoms with Crippen molar-refractivity contribution in [3.8, 4) is 5.75 Å². The highest BCUT2D eigenvalue weighted by Crippen LogP contribution is 2.36. The summed E-state index contributed by atoms with van der Waals surface area (Å²) in [7, 11) is -2.46. The summed E-state index contributed by atoms with van der Waals surface area (Å²) >= 11 is 12.4. The average Bonchev–Trinajstić information content (AvgIpc) is 2.65. The van der Waals surface area contributed by atoms with E-state index in [9.17, 15) is 8.42 Å². The van der Waals surface area contributed by atoms with E-state index in [-0.39, 0.29) is 21.1 Å². The zero-order valence-corrected chi connectivity index (χ0v) is 16.2. The molecule has 140 valence electrons. The van der Waals surface area contributed by atoms with Gasteiger partial charge in [0.25, 0.3) is 10.0 Å².